The summed E-state index contributed by atoms with van der Waals surface area (Å²) in [5, 5.41) is 0.916. The first-order valence-corrected chi connectivity index (χ1v) is 21.2. The molecule has 0 nitrogen and oxygen atoms in total. The van der Waals surface area contributed by atoms with Crippen molar-refractivity contribution < 1.29 is 0 Å². The van der Waals surface area contributed by atoms with Gasteiger partial charge in [0.1, 0.15) is 0 Å². The highest BCUT2D eigenvalue weighted by atomic mass is 35.5. The van der Waals surface area contributed by atoms with Gasteiger partial charge in [-0.05, 0) is 105 Å². The molecule has 1 aliphatic carbocycles. The van der Waals surface area contributed by atoms with Gasteiger partial charge >= 0.3 is 0 Å². The zero-order valence-electron chi connectivity index (χ0n) is 36.0. The SMILES string of the molecule is C=C(CCCCCC1=C(C)CC=CC(CCC)=C1)C(C)C.C=CC(C)C.CCC(C)C.CCCC(C)C.CCCCCCc1ccccc1Cl. The Bertz CT molecular complexity index is 1010. The lowest BCUT2D eigenvalue weighted by Gasteiger charge is -2.10. The number of unbranched alkanes of at least 4 members (excludes halogenated alkanes) is 5. The fraction of sp³-hybridized carbons (Fsp3) is 0.673. The fourth-order valence-electron chi connectivity index (χ4n) is 4.80. The largest absolute Gasteiger partial charge is 0.103 e. The van der Waals surface area contributed by atoms with E-state index in [1.807, 2.05) is 18.2 Å². The van der Waals surface area contributed by atoms with Gasteiger partial charge in [0, 0.05) is 5.02 Å². The topological polar surface area (TPSA) is 0 Å². The van der Waals surface area contributed by atoms with E-state index in [0.29, 0.717) is 11.8 Å². The first-order chi connectivity index (χ1) is 23.7. The minimum absolute atomic E-state index is 0.641. The van der Waals surface area contributed by atoms with E-state index in [1.165, 1.54) is 107 Å². The van der Waals surface area contributed by atoms with Crippen LogP contribution in [0.15, 0.2) is 84.0 Å². The van der Waals surface area contributed by atoms with Crippen LogP contribution < -0.4 is 0 Å². The van der Waals surface area contributed by atoms with Crippen molar-refractivity contribution in [3.05, 3.63) is 94.6 Å². The van der Waals surface area contributed by atoms with E-state index in [0.717, 1.165) is 29.7 Å². The Labute approximate surface area is 321 Å². The van der Waals surface area contributed by atoms with E-state index >= 15 is 0 Å². The summed E-state index contributed by atoms with van der Waals surface area (Å²) < 4.78 is 0. The van der Waals surface area contributed by atoms with Gasteiger partial charge < -0.3 is 0 Å². The molecule has 0 N–H and O–H groups in total. The summed E-state index contributed by atoms with van der Waals surface area (Å²) in [6, 6.07) is 8.13. The van der Waals surface area contributed by atoms with Gasteiger partial charge in [0.25, 0.3) is 0 Å². The maximum atomic E-state index is 6.04. The molecule has 0 aromatic heterocycles. The van der Waals surface area contributed by atoms with Gasteiger partial charge in [-0.1, -0.05) is 206 Å². The molecule has 1 heteroatoms. The zero-order valence-corrected chi connectivity index (χ0v) is 36.8. The Morgan fingerprint density at radius 2 is 1.34 bits per heavy atom. The number of aryl methyl sites for hydroxylation is 1. The average Bonchev–Trinajstić information content (AvgIpc) is 3.24. The summed E-state index contributed by atoms with van der Waals surface area (Å²) in [6.07, 6.45) is 29.3. The van der Waals surface area contributed by atoms with Crippen molar-refractivity contribution in [3.8, 4) is 0 Å². The Morgan fingerprint density at radius 3 is 1.80 bits per heavy atom. The molecule has 0 atom stereocenters. The number of rotatable bonds is 18. The quantitative estimate of drug-likeness (QED) is 0.105. The number of hydrogen-bond donors (Lipinski definition) is 0. The lowest BCUT2D eigenvalue weighted by atomic mass is 9.96. The summed E-state index contributed by atoms with van der Waals surface area (Å²) >= 11 is 6.04. The molecule has 0 saturated heterocycles. The van der Waals surface area contributed by atoms with Crippen molar-refractivity contribution in [2.24, 2.45) is 23.7 Å². The van der Waals surface area contributed by atoms with Crippen molar-refractivity contribution in [2.45, 2.75) is 193 Å². The van der Waals surface area contributed by atoms with Crippen LogP contribution in [-0.2, 0) is 6.42 Å². The Morgan fingerprint density at radius 1 is 0.760 bits per heavy atom. The molecule has 0 spiro atoms. The number of hydrogen-bond acceptors (Lipinski definition) is 0. The minimum Gasteiger partial charge on any atom is -0.103 e. The van der Waals surface area contributed by atoms with E-state index in [4.69, 9.17) is 11.6 Å². The lowest BCUT2D eigenvalue weighted by Crippen LogP contribution is -1.93. The molecule has 290 valence electrons. The monoisotopic (exact) mass is 711 g/mol. The molecule has 1 aromatic rings. The summed E-state index contributed by atoms with van der Waals surface area (Å²) in [7, 11) is 0. The van der Waals surface area contributed by atoms with E-state index in [9.17, 15) is 0 Å². The average molecular weight is 712 g/mol. The standard InChI is InChI=1S/C21H34.C12H17Cl.C6H14.C5H12.C5H10/c1-6-11-20-14-10-13-19(5)21(16-20)15-9-7-8-12-18(4)17(2)3;1-2-3-4-5-8-11-9-6-7-10-12(11)13;1-4-5-6(2)3;2*1-4-5(2)3/h10,14,16-17H,4,6-9,11-13,15H2,1-3,5H3;6-7,9-10H,2-5,8H2,1H3;6H,4-5H2,1-3H3;5H,4H2,1-3H3;4-5H,1H2,2-3H3. The van der Waals surface area contributed by atoms with Gasteiger partial charge in [0.05, 0.1) is 0 Å². The Kier molecular flexibility index (Phi) is 38.9. The third-order valence-electron chi connectivity index (χ3n) is 8.87. The molecule has 50 heavy (non-hydrogen) atoms. The maximum Gasteiger partial charge on any atom is 0.0437 e. The predicted molar refractivity (Wildman–Crippen MR) is 236 cm³/mol. The molecular formula is C49H87Cl. The van der Waals surface area contributed by atoms with Crippen LogP contribution in [0.2, 0.25) is 5.02 Å². The van der Waals surface area contributed by atoms with Crippen LogP contribution in [0.25, 0.3) is 0 Å². The van der Waals surface area contributed by atoms with E-state index in [-0.39, 0.29) is 0 Å². The highest BCUT2D eigenvalue weighted by molar-refractivity contribution is 6.31. The number of benzene rings is 1. The van der Waals surface area contributed by atoms with Crippen LogP contribution >= 0.6 is 11.6 Å². The summed E-state index contributed by atoms with van der Waals surface area (Å²) in [4.78, 5) is 0. The first-order valence-electron chi connectivity index (χ1n) is 20.8. The molecule has 0 amide bonds. The van der Waals surface area contributed by atoms with Gasteiger partial charge in [0.2, 0.25) is 0 Å². The van der Waals surface area contributed by atoms with Crippen LogP contribution in [0.5, 0.6) is 0 Å². The van der Waals surface area contributed by atoms with Crippen LogP contribution in [-0.4, -0.2) is 0 Å². The van der Waals surface area contributed by atoms with Gasteiger partial charge in [-0.15, -0.1) is 6.58 Å². The molecule has 1 aromatic carbocycles. The number of halogens is 1. The summed E-state index contributed by atoms with van der Waals surface area (Å²) in [5.41, 5.74) is 7.36. The smallest absolute Gasteiger partial charge is 0.0437 e. The van der Waals surface area contributed by atoms with Crippen LogP contribution in [0.1, 0.15) is 192 Å². The van der Waals surface area contributed by atoms with Crippen molar-refractivity contribution in [1.29, 1.82) is 0 Å². The van der Waals surface area contributed by atoms with Crippen LogP contribution in [0.3, 0.4) is 0 Å². The molecule has 0 saturated carbocycles. The third kappa shape index (κ3) is 36.0. The summed E-state index contributed by atoms with van der Waals surface area (Å²) in [6.45, 7) is 36.6. The van der Waals surface area contributed by atoms with Crippen molar-refractivity contribution in [2.75, 3.05) is 0 Å². The van der Waals surface area contributed by atoms with Crippen LogP contribution in [0, 0.1) is 23.7 Å². The van der Waals surface area contributed by atoms with E-state index in [2.05, 4.69) is 134 Å². The second kappa shape index (κ2) is 37.0. The van der Waals surface area contributed by atoms with Crippen molar-refractivity contribution in [3.63, 3.8) is 0 Å². The molecular weight excluding hydrogens is 624 g/mol. The molecule has 0 aliphatic heterocycles. The molecule has 0 heterocycles. The van der Waals surface area contributed by atoms with Gasteiger partial charge in [-0.3, -0.25) is 0 Å². The summed E-state index contributed by atoms with van der Waals surface area (Å²) in [5.74, 6) is 3.07. The molecule has 1 aliphatic rings. The van der Waals surface area contributed by atoms with Crippen molar-refractivity contribution in [1.82, 2.24) is 0 Å². The number of allylic oxidation sites excluding steroid dienone is 8. The maximum absolute atomic E-state index is 6.04. The molecule has 0 fully saturated rings. The minimum atomic E-state index is 0.641. The highest BCUT2D eigenvalue weighted by Gasteiger charge is 2.06. The molecule has 0 radical (unpaired) electrons. The van der Waals surface area contributed by atoms with Crippen LogP contribution in [0.4, 0.5) is 0 Å². The predicted octanol–water partition coefficient (Wildman–Crippen LogP) is 17.9. The van der Waals surface area contributed by atoms with Gasteiger partial charge in [0.15, 0.2) is 0 Å². The second-order valence-electron chi connectivity index (χ2n) is 15.6. The second-order valence-corrected chi connectivity index (χ2v) is 16.0. The lowest BCUT2D eigenvalue weighted by molar-refractivity contribution is 0.576. The van der Waals surface area contributed by atoms with Gasteiger partial charge in [-0.25, -0.2) is 0 Å². The van der Waals surface area contributed by atoms with Crippen molar-refractivity contribution >= 4 is 11.6 Å². The zero-order chi connectivity index (χ0) is 38.7. The normalized spacial score (nSPS) is 12.2. The van der Waals surface area contributed by atoms with E-state index < -0.39 is 0 Å². The van der Waals surface area contributed by atoms with Gasteiger partial charge in [-0.2, -0.15) is 0 Å². The Hall–Kier alpha value is -1.79. The molecule has 2 rings (SSSR count). The third-order valence-corrected chi connectivity index (χ3v) is 9.24. The molecule has 0 bridgehead atoms. The van der Waals surface area contributed by atoms with E-state index in [1.54, 1.807) is 11.1 Å². The molecule has 0 unspecified atom stereocenters. The Balaban J connectivity index is -0.000000642. The first kappa shape index (κ1) is 52.6. The fourth-order valence-corrected chi connectivity index (χ4v) is 5.03. The highest BCUT2D eigenvalue weighted by Crippen LogP contribution is 2.25.